The number of amides is 1. The molecule has 0 saturated carbocycles. The van der Waals surface area contributed by atoms with Gasteiger partial charge in [-0.2, -0.15) is 5.01 Å². The van der Waals surface area contributed by atoms with Crippen molar-refractivity contribution < 1.29 is 9.90 Å². The summed E-state index contributed by atoms with van der Waals surface area (Å²) in [4.78, 5) is 16.0. The molecule has 0 aromatic heterocycles. The van der Waals surface area contributed by atoms with Gasteiger partial charge in [0.05, 0.1) is 30.4 Å². The van der Waals surface area contributed by atoms with Gasteiger partial charge >= 0.3 is 0 Å². The molecule has 6 N–H and O–H groups in total. The van der Waals surface area contributed by atoms with E-state index in [1.165, 1.54) is 5.69 Å². The number of nitrogens with one attached hydrogen (secondary N) is 5. The predicted molar refractivity (Wildman–Crippen MR) is 149 cm³/mol. The highest BCUT2D eigenvalue weighted by Crippen LogP contribution is 2.34. The van der Waals surface area contributed by atoms with Crippen LogP contribution in [0.15, 0.2) is 36.4 Å². The Bertz CT molecular complexity index is 993. The van der Waals surface area contributed by atoms with Crippen LogP contribution in [-0.4, -0.2) is 90.6 Å². The number of piperidine rings is 1. The number of hydrogen-bond acceptors (Lipinski definition) is 9. The third kappa shape index (κ3) is 5.30. The summed E-state index contributed by atoms with van der Waals surface area (Å²) in [6.07, 6.45) is 9.52. The Labute approximate surface area is 226 Å². The maximum atomic E-state index is 13.6. The molecular formula is C28H44N8O2. The second kappa shape index (κ2) is 11.1. The highest BCUT2D eigenvalue weighted by atomic mass is 16.3. The van der Waals surface area contributed by atoms with E-state index < -0.39 is 5.60 Å². The first-order chi connectivity index (χ1) is 18.5. The average Bonchev–Trinajstić information content (AvgIpc) is 3.08. The average molecular weight is 525 g/mol. The van der Waals surface area contributed by atoms with Gasteiger partial charge in [-0.3, -0.25) is 25.8 Å². The third-order valence-electron chi connectivity index (χ3n) is 8.98. The van der Waals surface area contributed by atoms with Gasteiger partial charge in [-0.15, -0.1) is 0 Å². The Morgan fingerprint density at radius 3 is 2.79 bits per heavy atom. The topological polar surface area (TPSA) is 107 Å². The van der Waals surface area contributed by atoms with E-state index in [1.807, 2.05) is 11.9 Å². The van der Waals surface area contributed by atoms with E-state index in [9.17, 15) is 9.90 Å². The lowest BCUT2D eigenvalue weighted by Gasteiger charge is -2.47. The zero-order valence-corrected chi connectivity index (χ0v) is 22.5. The van der Waals surface area contributed by atoms with Gasteiger partial charge < -0.3 is 20.6 Å². The standard InChI is InChI=1S/C28H44N8O2/c1-28(38)13-3-2-4-17-35-26(37)22-19-30-27(33-25(22)36(35)24-8-5-7-23(28)32-24)31-20-9-11-21(12-10-20)34-16-6-14-29-15-18-34/h2,4,9-12,22-25,27,29-33,38H,3,5-8,13-19H2,1H3/b4-2-/t22?,23?,24?,25?,27?,28-/m0/s1. The number of hydrogen-bond donors (Lipinski definition) is 6. The molecule has 1 aromatic carbocycles. The molecule has 0 aliphatic carbocycles. The van der Waals surface area contributed by atoms with Crippen LogP contribution in [0.2, 0.25) is 0 Å². The first-order valence-corrected chi connectivity index (χ1v) is 14.5. The second-order valence-corrected chi connectivity index (χ2v) is 11.7. The molecule has 2 bridgehead atoms. The molecule has 10 nitrogen and oxygen atoms in total. The minimum absolute atomic E-state index is 0.000627. The molecule has 10 heteroatoms. The van der Waals surface area contributed by atoms with Crippen molar-refractivity contribution in [1.29, 1.82) is 0 Å². The molecule has 4 saturated heterocycles. The maximum Gasteiger partial charge on any atom is 0.244 e. The van der Waals surface area contributed by atoms with Crippen LogP contribution >= 0.6 is 0 Å². The van der Waals surface area contributed by atoms with Gasteiger partial charge in [-0.1, -0.05) is 12.2 Å². The summed E-state index contributed by atoms with van der Waals surface area (Å²) < 4.78 is 0. The number of fused-ring (bicyclic) bond motifs is 6. The molecule has 0 radical (unpaired) electrons. The smallest absolute Gasteiger partial charge is 0.244 e. The van der Waals surface area contributed by atoms with Crippen molar-refractivity contribution >= 4 is 17.3 Å². The number of rotatable bonds is 3. The number of carbonyl (C=O) groups is 1. The molecule has 6 atom stereocenters. The summed E-state index contributed by atoms with van der Waals surface area (Å²) in [5.74, 6) is -0.00424. The summed E-state index contributed by atoms with van der Waals surface area (Å²) in [5.41, 5.74) is 1.52. The van der Waals surface area contributed by atoms with Crippen molar-refractivity contribution in [3.05, 3.63) is 36.4 Å². The quantitative estimate of drug-likeness (QED) is 0.322. The lowest BCUT2D eigenvalue weighted by Crippen LogP contribution is -2.69. The minimum Gasteiger partial charge on any atom is -0.389 e. The van der Waals surface area contributed by atoms with Gasteiger partial charge in [0.25, 0.3) is 0 Å². The van der Waals surface area contributed by atoms with E-state index in [0.29, 0.717) is 13.1 Å². The van der Waals surface area contributed by atoms with Crippen molar-refractivity contribution in [3.8, 4) is 0 Å². The number of anilines is 2. The van der Waals surface area contributed by atoms with Crippen molar-refractivity contribution in [2.45, 2.75) is 75.7 Å². The third-order valence-corrected chi connectivity index (χ3v) is 8.98. The van der Waals surface area contributed by atoms with Crippen LogP contribution in [0.3, 0.4) is 0 Å². The van der Waals surface area contributed by atoms with Crippen LogP contribution in [0.25, 0.3) is 0 Å². The first-order valence-electron chi connectivity index (χ1n) is 14.5. The Balaban J connectivity index is 1.17. The van der Waals surface area contributed by atoms with Gasteiger partial charge in [0.1, 0.15) is 6.29 Å². The van der Waals surface area contributed by atoms with Gasteiger partial charge in [-0.25, -0.2) is 0 Å². The second-order valence-electron chi connectivity index (χ2n) is 11.7. The minimum atomic E-state index is -0.775. The zero-order valence-electron chi connectivity index (χ0n) is 22.5. The van der Waals surface area contributed by atoms with E-state index in [2.05, 4.69) is 72.9 Å². The normalized spacial score (nSPS) is 37.5. The molecule has 6 rings (SSSR count). The van der Waals surface area contributed by atoms with E-state index in [4.69, 9.17) is 0 Å². The zero-order chi connectivity index (χ0) is 26.1. The maximum absolute atomic E-state index is 13.6. The summed E-state index contributed by atoms with van der Waals surface area (Å²) in [5, 5.41) is 33.4. The number of hydrazine groups is 1. The molecular weight excluding hydrogens is 480 g/mol. The fourth-order valence-corrected chi connectivity index (χ4v) is 6.77. The van der Waals surface area contributed by atoms with Crippen LogP contribution in [0.5, 0.6) is 0 Å². The fourth-order valence-electron chi connectivity index (χ4n) is 6.77. The monoisotopic (exact) mass is 524 g/mol. The van der Waals surface area contributed by atoms with Crippen LogP contribution in [-0.2, 0) is 4.79 Å². The van der Waals surface area contributed by atoms with Crippen LogP contribution in [0.4, 0.5) is 11.4 Å². The fraction of sp³-hybridized carbons (Fsp3) is 0.679. The summed E-state index contributed by atoms with van der Waals surface area (Å²) in [7, 11) is 0. The van der Waals surface area contributed by atoms with Gasteiger partial charge in [0.15, 0.2) is 0 Å². The molecule has 0 spiro atoms. The van der Waals surface area contributed by atoms with E-state index in [-0.39, 0.29) is 36.5 Å². The molecule has 4 fully saturated rings. The van der Waals surface area contributed by atoms with Gasteiger partial charge in [-0.05, 0) is 76.3 Å². The molecule has 1 amide bonds. The number of nitrogens with zero attached hydrogens (tertiary/aromatic N) is 3. The molecule has 208 valence electrons. The molecule has 38 heavy (non-hydrogen) atoms. The predicted octanol–water partition coefficient (Wildman–Crippen LogP) is 0.945. The summed E-state index contributed by atoms with van der Waals surface area (Å²) >= 11 is 0. The molecule has 5 aliphatic rings. The Hall–Kier alpha value is -2.21. The van der Waals surface area contributed by atoms with E-state index >= 15 is 0 Å². The number of aliphatic hydroxyl groups is 1. The van der Waals surface area contributed by atoms with E-state index in [1.54, 1.807) is 0 Å². The van der Waals surface area contributed by atoms with Crippen molar-refractivity contribution in [1.82, 2.24) is 31.3 Å². The van der Waals surface area contributed by atoms with Gasteiger partial charge in [0, 0.05) is 43.6 Å². The van der Waals surface area contributed by atoms with Crippen molar-refractivity contribution in [2.75, 3.05) is 49.5 Å². The van der Waals surface area contributed by atoms with Crippen molar-refractivity contribution in [3.63, 3.8) is 0 Å². The van der Waals surface area contributed by atoms with Crippen molar-refractivity contribution in [2.24, 2.45) is 5.92 Å². The number of carbonyl (C=O) groups excluding carboxylic acids is 1. The Morgan fingerprint density at radius 1 is 1.05 bits per heavy atom. The van der Waals surface area contributed by atoms with Crippen LogP contribution < -0.4 is 31.5 Å². The summed E-state index contributed by atoms with van der Waals surface area (Å²) in [6.45, 7) is 7.34. The molecule has 5 heterocycles. The number of allylic oxidation sites excluding steroid dienone is 1. The molecule has 1 aromatic rings. The van der Waals surface area contributed by atoms with Crippen LogP contribution in [0, 0.1) is 5.92 Å². The van der Waals surface area contributed by atoms with Gasteiger partial charge in [0.2, 0.25) is 5.91 Å². The highest BCUT2D eigenvalue weighted by Gasteiger charge is 2.52. The van der Waals surface area contributed by atoms with E-state index in [0.717, 1.165) is 70.4 Å². The molecule has 5 aliphatic heterocycles. The SMILES string of the molecule is C[C@]1(O)CC/C=C\CN2C(=O)C3CNC(Nc4ccc(N5CCCNCC5)cc4)NC3N2C2CCCC1N2. The lowest BCUT2D eigenvalue weighted by atomic mass is 9.85. The molecule has 5 unspecified atom stereocenters. The lowest BCUT2D eigenvalue weighted by molar-refractivity contribution is -0.146. The Morgan fingerprint density at radius 2 is 1.92 bits per heavy atom. The first kappa shape index (κ1) is 26.0. The van der Waals surface area contributed by atoms with Crippen LogP contribution in [0.1, 0.15) is 45.4 Å². The summed E-state index contributed by atoms with van der Waals surface area (Å²) in [6, 6.07) is 8.68. The highest BCUT2D eigenvalue weighted by molar-refractivity contribution is 5.82. The Kier molecular flexibility index (Phi) is 7.61. The number of benzene rings is 1. The largest absolute Gasteiger partial charge is 0.389 e.